The molecule has 0 bridgehead atoms. The molecule has 0 saturated heterocycles. The Labute approximate surface area is 113 Å². The van der Waals surface area contributed by atoms with Gasteiger partial charge in [0.2, 0.25) is 5.91 Å². The van der Waals surface area contributed by atoms with Gasteiger partial charge in [0, 0.05) is 5.69 Å². The van der Waals surface area contributed by atoms with Crippen molar-refractivity contribution < 1.29 is 9.18 Å². The van der Waals surface area contributed by atoms with Crippen LogP contribution in [0.15, 0.2) is 22.7 Å². The van der Waals surface area contributed by atoms with Crippen molar-refractivity contribution in [3.8, 4) is 0 Å². The van der Waals surface area contributed by atoms with Crippen LogP contribution in [0.2, 0.25) is 0 Å². The molecule has 1 saturated carbocycles. The molecule has 1 aromatic carbocycles. The first-order valence-electron chi connectivity index (χ1n) is 5.07. The number of carbonyl (C=O) groups is 1. The van der Waals surface area contributed by atoms with Crippen molar-refractivity contribution in [3.05, 3.63) is 28.5 Å². The molecule has 0 atom stereocenters. The summed E-state index contributed by atoms with van der Waals surface area (Å²) < 4.78 is 13.3. The van der Waals surface area contributed by atoms with Gasteiger partial charge in [-0.2, -0.15) is 0 Å². The van der Waals surface area contributed by atoms with Crippen molar-refractivity contribution in [2.24, 2.45) is 5.73 Å². The molecule has 0 radical (unpaired) electrons. The molecule has 0 unspecified atom stereocenters. The Balaban J connectivity index is 0.00000144. The third kappa shape index (κ3) is 2.97. The number of benzene rings is 1. The molecule has 0 aromatic heterocycles. The fraction of sp³-hybridized carbons (Fsp3) is 0.364. The highest BCUT2D eigenvalue weighted by Gasteiger charge is 2.40. The maximum absolute atomic E-state index is 13.0. The maximum Gasteiger partial charge on any atom is 0.244 e. The quantitative estimate of drug-likeness (QED) is 0.879. The predicted molar refractivity (Wildman–Crippen MR) is 70.7 cm³/mol. The number of nitrogens with one attached hydrogen (secondary N) is 1. The zero-order valence-electron chi connectivity index (χ0n) is 9.00. The van der Waals surface area contributed by atoms with Gasteiger partial charge in [0.25, 0.3) is 0 Å². The minimum absolute atomic E-state index is 0. The normalized spacial score (nSPS) is 16.6. The van der Waals surface area contributed by atoms with E-state index in [1.54, 1.807) is 0 Å². The third-order valence-corrected chi connectivity index (χ3v) is 3.48. The van der Waals surface area contributed by atoms with Crippen molar-refractivity contribution in [2.45, 2.75) is 24.8 Å². The van der Waals surface area contributed by atoms with Gasteiger partial charge in [0.15, 0.2) is 0 Å². The van der Waals surface area contributed by atoms with Gasteiger partial charge in [-0.3, -0.25) is 4.79 Å². The van der Waals surface area contributed by atoms with Gasteiger partial charge >= 0.3 is 0 Å². The van der Waals surface area contributed by atoms with Crippen LogP contribution in [0.4, 0.5) is 10.1 Å². The van der Waals surface area contributed by atoms with Crippen LogP contribution in [0.3, 0.4) is 0 Å². The molecule has 1 aliphatic carbocycles. The van der Waals surface area contributed by atoms with Gasteiger partial charge < -0.3 is 11.1 Å². The smallest absolute Gasteiger partial charge is 0.244 e. The number of nitrogens with two attached hydrogens (primary N) is 1. The van der Waals surface area contributed by atoms with Crippen LogP contribution in [0.1, 0.15) is 19.3 Å². The first-order valence-corrected chi connectivity index (χ1v) is 5.86. The van der Waals surface area contributed by atoms with Crippen LogP contribution in [0.5, 0.6) is 0 Å². The first-order chi connectivity index (χ1) is 7.51. The lowest BCUT2D eigenvalue weighted by Crippen LogP contribution is -2.56. The van der Waals surface area contributed by atoms with Crippen molar-refractivity contribution in [3.63, 3.8) is 0 Å². The van der Waals surface area contributed by atoms with E-state index >= 15 is 0 Å². The number of anilines is 1. The van der Waals surface area contributed by atoms with Gasteiger partial charge in [-0.25, -0.2) is 4.39 Å². The Morgan fingerprint density at radius 1 is 1.47 bits per heavy atom. The molecular formula is C11H13BrClFN2O. The van der Waals surface area contributed by atoms with Crippen molar-refractivity contribution in [1.82, 2.24) is 0 Å². The van der Waals surface area contributed by atoms with Crippen LogP contribution in [-0.2, 0) is 4.79 Å². The number of hydrogen-bond acceptors (Lipinski definition) is 2. The van der Waals surface area contributed by atoms with E-state index in [1.165, 1.54) is 18.2 Å². The SMILES string of the molecule is Cl.NC1(C(=O)Nc2ccc(F)c(Br)c2)CCC1. The minimum atomic E-state index is -0.735. The summed E-state index contributed by atoms with van der Waals surface area (Å²) in [5.74, 6) is -0.554. The zero-order valence-corrected chi connectivity index (χ0v) is 11.4. The van der Waals surface area contributed by atoms with Crippen LogP contribution in [-0.4, -0.2) is 11.4 Å². The second kappa shape index (κ2) is 5.33. The molecule has 2 rings (SSSR count). The Hall–Kier alpha value is -0.650. The van der Waals surface area contributed by atoms with Gasteiger partial charge in [0.1, 0.15) is 5.82 Å². The topological polar surface area (TPSA) is 55.1 Å². The summed E-state index contributed by atoms with van der Waals surface area (Å²) in [5, 5.41) is 2.69. The highest BCUT2D eigenvalue weighted by atomic mass is 79.9. The van der Waals surface area contributed by atoms with E-state index in [4.69, 9.17) is 5.73 Å². The molecule has 1 fully saturated rings. The maximum atomic E-state index is 13.0. The number of rotatable bonds is 2. The number of hydrogen-bond donors (Lipinski definition) is 2. The third-order valence-electron chi connectivity index (χ3n) is 2.88. The van der Waals surface area contributed by atoms with Crippen LogP contribution in [0, 0.1) is 5.82 Å². The van der Waals surface area contributed by atoms with Gasteiger partial charge in [-0.15, -0.1) is 12.4 Å². The number of amides is 1. The average Bonchev–Trinajstić information content (AvgIpc) is 2.20. The molecule has 3 N–H and O–H groups in total. The van der Waals surface area contributed by atoms with E-state index < -0.39 is 5.54 Å². The van der Waals surface area contributed by atoms with E-state index in [0.29, 0.717) is 23.0 Å². The van der Waals surface area contributed by atoms with Crippen LogP contribution in [0.25, 0.3) is 0 Å². The molecular weight excluding hydrogens is 310 g/mol. The first kappa shape index (κ1) is 14.4. The fourth-order valence-electron chi connectivity index (χ4n) is 1.61. The van der Waals surface area contributed by atoms with E-state index in [9.17, 15) is 9.18 Å². The van der Waals surface area contributed by atoms with E-state index in [-0.39, 0.29) is 24.1 Å². The fourth-order valence-corrected chi connectivity index (χ4v) is 1.99. The predicted octanol–water partition coefficient (Wildman–Crippen LogP) is 2.83. The summed E-state index contributed by atoms with van der Waals surface area (Å²) >= 11 is 3.06. The molecule has 1 amide bonds. The molecule has 0 heterocycles. The Morgan fingerprint density at radius 3 is 2.59 bits per heavy atom. The largest absolute Gasteiger partial charge is 0.324 e. The second-order valence-electron chi connectivity index (χ2n) is 4.09. The summed E-state index contributed by atoms with van der Waals surface area (Å²) in [4.78, 5) is 11.8. The number of halogens is 3. The lowest BCUT2D eigenvalue weighted by atomic mass is 9.77. The van der Waals surface area contributed by atoms with Crippen LogP contribution >= 0.6 is 28.3 Å². The van der Waals surface area contributed by atoms with E-state index in [1.807, 2.05) is 0 Å². The van der Waals surface area contributed by atoms with Gasteiger partial charge in [0.05, 0.1) is 10.0 Å². The molecule has 6 heteroatoms. The Morgan fingerprint density at radius 2 is 2.12 bits per heavy atom. The lowest BCUT2D eigenvalue weighted by Gasteiger charge is -2.36. The van der Waals surface area contributed by atoms with Crippen molar-refractivity contribution in [2.75, 3.05) is 5.32 Å². The van der Waals surface area contributed by atoms with Crippen molar-refractivity contribution in [1.29, 1.82) is 0 Å². The summed E-state index contributed by atoms with van der Waals surface area (Å²) in [7, 11) is 0. The molecule has 0 aliphatic heterocycles. The molecule has 17 heavy (non-hydrogen) atoms. The Bertz CT molecular complexity index is 437. The van der Waals surface area contributed by atoms with Crippen molar-refractivity contribution >= 4 is 39.9 Å². The number of carbonyl (C=O) groups excluding carboxylic acids is 1. The van der Waals surface area contributed by atoms with E-state index in [2.05, 4.69) is 21.2 Å². The van der Waals surface area contributed by atoms with Crippen LogP contribution < -0.4 is 11.1 Å². The summed E-state index contributed by atoms with van der Waals surface area (Å²) in [6, 6.07) is 4.33. The highest BCUT2D eigenvalue weighted by molar-refractivity contribution is 9.10. The summed E-state index contributed by atoms with van der Waals surface area (Å²) in [5.41, 5.74) is 5.68. The second-order valence-corrected chi connectivity index (χ2v) is 4.95. The van der Waals surface area contributed by atoms with Gasteiger partial charge in [-0.1, -0.05) is 0 Å². The molecule has 0 spiro atoms. The molecule has 94 valence electrons. The summed E-state index contributed by atoms with van der Waals surface area (Å²) in [6.07, 6.45) is 2.40. The highest BCUT2D eigenvalue weighted by Crippen LogP contribution is 2.30. The van der Waals surface area contributed by atoms with Gasteiger partial charge in [-0.05, 0) is 53.4 Å². The zero-order chi connectivity index (χ0) is 11.8. The molecule has 1 aromatic rings. The van der Waals surface area contributed by atoms with E-state index in [0.717, 1.165) is 6.42 Å². The molecule has 3 nitrogen and oxygen atoms in total. The monoisotopic (exact) mass is 322 g/mol. The average molecular weight is 324 g/mol. The minimum Gasteiger partial charge on any atom is -0.324 e. The lowest BCUT2D eigenvalue weighted by molar-refractivity contribution is -0.123. The standard InChI is InChI=1S/C11H12BrFN2O.ClH/c12-8-6-7(2-3-9(8)13)15-10(16)11(14)4-1-5-11;/h2-3,6H,1,4-5,14H2,(H,15,16);1H. The summed E-state index contributed by atoms with van der Waals surface area (Å²) in [6.45, 7) is 0. The molecule has 1 aliphatic rings. The Kier molecular flexibility index (Phi) is 4.52.